The van der Waals surface area contributed by atoms with Gasteiger partial charge in [0, 0.05) is 12.1 Å². The molecule has 1 aromatic rings. The zero-order chi connectivity index (χ0) is 15.3. The van der Waals surface area contributed by atoms with Gasteiger partial charge in [-0.1, -0.05) is 30.3 Å². The van der Waals surface area contributed by atoms with Crippen LogP contribution in [0.4, 0.5) is 0 Å². The number of benzene rings is 1. The van der Waals surface area contributed by atoms with Crippen molar-refractivity contribution in [1.29, 1.82) is 5.26 Å². The smallest absolute Gasteiger partial charge is 0.237 e. The van der Waals surface area contributed by atoms with Gasteiger partial charge in [0.25, 0.3) is 0 Å². The Balaban J connectivity index is 0.00000242. The van der Waals surface area contributed by atoms with E-state index in [0.29, 0.717) is 6.54 Å². The van der Waals surface area contributed by atoms with Crippen LogP contribution in [0.2, 0.25) is 0 Å². The lowest BCUT2D eigenvalue weighted by Crippen LogP contribution is -2.48. The van der Waals surface area contributed by atoms with E-state index in [-0.39, 0.29) is 36.4 Å². The van der Waals surface area contributed by atoms with Crippen molar-refractivity contribution in [3.05, 3.63) is 35.9 Å². The number of nitriles is 1. The number of hydrogen-bond donors (Lipinski definition) is 1. The highest BCUT2D eigenvalue weighted by Crippen LogP contribution is 2.17. The molecule has 0 bridgehead atoms. The Kier molecular flexibility index (Phi) is 6.86. The van der Waals surface area contributed by atoms with E-state index in [2.05, 4.69) is 37.4 Å². The lowest BCUT2D eigenvalue weighted by Gasteiger charge is -2.28. The van der Waals surface area contributed by atoms with Crippen LogP contribution in [0.25, 0.3) is 0 Å². The third-order valence-corrected chi connectivity index (χ3v) is 3.93. The maximum Gasteiger partial charge on any atom is 0.237 e. The molecule has 0 radical (unpaired) electrons. The molecule has 0 aliphatic carbocycles. The molecule has 1 aliphatic heterocycles. The normalized spacial score (nSPS) is 17.7. The Morgan fingerprint density at radius 2 is 2.09 bits per heavy atom. The fourth-order valence-electron chi connectivity index (χ4n) is 2.78. The molecule has 1 N–H and O–H groups in total. The average Bonchev–Trinajstić information content (AvgIpc) is 2.94. The molecular weight excluding hydrogens is 298 g/mol. The van der Waals surface area contributed by atoms with Gasteiger partial charge in [0.15, 0.2) is 0 Å². The van der Waals surface area contributed by atoms with Gasteiger partial charge in [0.05, 0.1) is 12.6 Å². The van der Waals surface area contributed by atoms with Gasteiger partial charge in [-0.3, -0.25) is 4.79 Å². The first-order chi connectivity index (χ1) is 10.0. The summed E-state index contributed by atoms with van der Waals surface area (Å²) in [6.07, 6.45) is 2.59. The lowest BCUT2D eigenvalue weighted by molar-refractivity contribution is -0.130. The standard InChI is InChI=1S/C17H23N3O.ClH/c1-17(2,11-14-7-4-3-5-8-14)19-13-16(21)20-10-6-9-15(20)12-18;/h3-5,7-8,15,19H,6,9-11,13H2,1-2H3;1H/t15-;/m0./s1. The molecule has 2 rings (SSSR count). The molecule has 1 fully saturated rings. The minimum atomic E-state index is -0.239. The highest BCUT2D eigenvalue weighted by molar-refractivity contribution is 5.85. The van der Waals surface area contributed by atoms with Gasteiger partial charge in [0.2, 0.25) is 5.91 Å². The highest BCUT2D eigenvalue weighted by Gasteiger charge is 2.29. The molecule has 0 spiro atoms. The minimum Gasteiger partial charge on any atom is -0.326 e. The first kappa shape index (κ1) is 18.5. The second-order valence-electron chi connectivity index (χ2n) is 6.27. The number of amides is 1. The van der Waals surface area contributed by atoms with Crippen LogP contribution in [0.3, 0.4) is 0 Å². The summed E-state index contributed by atoms with van der Waals surface area (Å²) in [5.41, 5.74) is 1.09. The van der Waals surface area contributed by atoms with Crippen molar-refractivity contribution in [2.75, 3.05) is 13.1 Å². The van der Waals surface area contributed by atoms with Gasteiger partial charge >= 0.3 is 0 Å². The van der Waals surface area contributed by atoms with Gasteiger partial charge in [0.1, 0.15) is 6.04 Å². The second kappa shape index (κ2) is 8.17. The van der Waals surface area contributed by atoms with Gasteiger partial charge in [-0.25, -0.2) is 0 Å². The molecule has 1 heterocycles. The Morgan fingerprint density at radius 1 is 1.41 bits per heavy atom. The number of halogens is 1. The van der Waals surface area contributed by atoms with Crippen LogP contribution in [0.15, 0.2) is 30.3 Å². The van der Waals surface area contributed by atoms with Gasteiger partial charge in [-0.15, -0.1) is 12.4 Å². The maximum atomic E-state index is 12.2. The molecule has 4 nitrogen and oxygen atoms in total. The molecule has 1 atom stereocenters. The number of hydrogen-bond acceptors (Lipinski definition) is 3. The van der Waals surface area contributed by atoms with Crippen molar-refractivity contribution in [2.24, 2.45) is 0 Å². The molecule has 1 amide bonds. The average molecular weight is 322 g/mol. The van der Waals surface area contributed by atoms with E-state index in [9.17, 15) is 4.79 Å². The van der Waals surface area contributed by atoms with Gasteiger partial charge in [-0.2, -0.15) is 5.26 Å². The fraction of sp³-hybridized carbons (Fsp3) is 0.529. The summed E-state index contributed by atoms with van der Waals surface area (Å²) in [7, 11) is 0. The summed E-state index contributed by atoms with van der Waals surface area (Å²) in [5, 5.41) is 12.4. The number of likely N-dealkylation sites (tertiary alicyclic amines) is 1. The first-order valence-corrected chi connectivity index (χ1v) is 7.50. The second-order valence-corrected chi connectivity index (χ2v) is 6.27. The SMILES string of the molecule is CC(C)(Cc1ccccc1)NCC(=O)N1CCC[C@H]1C#N.Cl. The molecule has 120 valence electrons. The predicted molar refractivity (Wildman–Crippen MR) is 89.8 cm³/mol. The van der Waals surface area contributed by atoms with Crippen LogP contribution in [0, 0.1) is 11.3 Å². The lowest BCUT2D eigenvalue weighted by atomic mass is 9.95. The largest absolute Gasteiger partial charge is 0.326 e. The van der Waals surface area contributed by atoms with Crippen molar-refractivity contribution >= 4 is 18.3 Å². The number of carbonyl (C=O) groups is 1. The highest BCUT2D eigenvalue weighted by atomic mass is 35.5. The molecule has 1 saturated heterocycles. The Morgan fingerprint density at radius 3 is 2.73 bits per heavy atom. The summed E-state index contributed by atoms with van der Waals surface area (Å²) >= 11 is 0. The summed E-state index contributed by atoms with van der Waals surface area (Å²) in [4.78, 5) is 13.9. The number of carbonyl (C=O) groups excluding carboxylic acids is 1. The number of rotatable bonds is 5. The van der Waals surface area contributed by atoms with E-state index in [1.165, 1.54) is 5.56 Å². The van der Waals surface area contributed by atoms with E-state index in [4.69, 9.17) is 5.26 Å². The minimum absolute atomic E-state index is 0. The van der Waals surface area contributed by atoms with Gasteiger partial charge < -0.3 is 10.2 Å². The maximum absolute atomic E-state index is 12.2. The zero-order valence-electron chi connectivity index (χ0n) is 13.2. The van der Waals surface area contributed by atoms with Crippen molar-refractivity contribution in [2.45, 2.75) is 44.7 Å². The van der Waals surface area contributed by atoms with Gasteiger partial charge in [-0.05, 0) is 38.7 Å². The van der Waals surface area contributed by atoms with E-state index in [0.717, 1.165) is 19.3 Å². The first-order valence-electron chi connectivity index (χ1n) is 7.50. The molecule has 5 heteroatoms. The van der Waals surface area contributed by atoms with Crippen molar-refractivity contribution < 1.29 is 4.79 Å². The van der Waals surface area contributed by atoms with E-state index < -0.39 is 0 Å². The Hall–Kier alpha value is -1.57. The quantitative estimate of drug-likeness (QED) is 0.906. The molecule has 0 unspecified atom stereocenters. The van der Waals surface area contributed by atoms with Crippen LogP contribution in [0.1, 0.15) is 32.3 Å². The molecule has 0 saturated carbocycles. The Labute approximate surface area is 138 Å². The molecule has 22 heavy (non-hydrogen) atoms. The molecular formula is C17H24ClN3O. The summed E-state index contributed by atoms with van der Waals surface area (Å²) in [6.45, 7) is 5.19. The summed E-state index contributed by atoms with van der Waals surface area (Å²) in [5.74, 6) is 0.0280. The summed E-state index contributed by atoms with van der Waals surface area (Å²) in [6, 6.07) is 12.2. The van der Waals surface area contributed by atoms with Crippen molar-refractivity contribution in [3.8, 4) is 6.07 Å². The predicted octanol–water partition coefficient (Wildman–Crippen LogP) is 2.53. The molecule has 1 aliphatic rings. The Bertz CT molecular complexity index is 524. The third-order valence-electron chi connectivity index (χ3n) is 3.93. The number of nitrogens with zero attached hydrogens (tertiary/aromatic N) is 2. The molecule has 1 aromatic carbocycles. The zero-order valence-corrected chi connectivity index (χ0v) is 14.0. The van der Waals surface area contributed by atoms with E-state index >= 15 is 0 Å². The van der Waals surface area contributed by atoms with Crippen LogP contribution in [-0.2, 0) is 11.2 Å². The van der Waals surface area contributed by atoms with E-state index in [1.54, 1.807) is 4.90 Å². The van der Waals surface area contributed by atoms with Crippen LogP contribution < -0.4 is 5.32 Å². The third kappa shape index (κ3) is 5.01. The van der Waals surface area contributed by atoms with Crippen LogP contribution >= 0.6 is 12.4 Å². The van der Waals surface area contributed by atoms with Crippen molar-refractivity contribution in [3.63, 3.8) is 0 Å². The topological polar surface area (TPSA) is 56.1 Å². The van der Waals surface area contributed by atoms with Crippen molar-refractivity contribution in [1.82, 2.24) is 10.2 Å². The summed E-state index contributed by atoms with van der Waals surface area (Å²) < 4.78 is 0. The number of nitrogens with one attached hydrogen (secondary N) is 1. The molecule has 0 aromatic heterocycles. The van der Waals surface area contributed by atoms with Crippen LogP contribution in [0.5, 0.6) is 0 Å². The van der Waals surface area contributed by atoms with Crippen LogP contribution in [-0.4, -0.2) is 35.5 Å². The fourth-order valence-corrected chi connectivity index (χ4v) is 2.78. The van der Waals surface area contributed by atoms with E-state index in [1.807, 2.05) is 18.2 Å². The monoisotopic (exact) mass is 321 g/mol.